The van der Waals surface area contributed by atoms with Crippen molar-refractivity contribution in [2.45, 2.75) is 19.9 Å². The molecule has 2 N–H and O–H groups in total. The first kappa shape index (κ1) is 14.8. The van der Waals surface area contributed by atoms with Crippen molar-refractivity contribution in [1.29, 1.82) is 0 Å². The van der Waals surface area contributed by atoms with Gasteiger partial charge in [-0.1, -0.05) is 19.1 Å². The van der Waals surface area contributed by atoms with Crippen LogP contribution in [0.25, 0.3) is 0 Å². The molecule has 5 heteroatoms. The van der Waals surface area contributed by atoms with Gasteiger partial charge in [0.25, 0.3) is 0 Å². The van der Waals surface area contributed by atoms with Crippen molar-refractivity contribution in [1.82, 2.24) is 4.98 Å². The van der Waals surface area contributed by atoms with E-state index in [0.29, 0.717) is 18.8 Å². The highest BCUT2D eigenvalue weighted by Gasteiger charge is 2.00. The lowest BCUT2D eigenvalue weighted by molar-refractivity contribution is -0.115. The molecule has 0 aliphatic rings. The summed E-state index contributed by atoms with van der Waals surface area (Å²) in [6, 6.07) is 11.5. The Morgan fingerprint density at radius 2 is 1.95 bits per heavy atom. The van der Waals surface area contributed by atoms with Crippen LogP contribution >= 0.6 is 0 Å². The summed E-state index contributed by atoms with van der Waals surface area (Å²) in [5.74, 6) is 1.37. The number of nitrogens with zero attached hydrogens (tertiary/aromatic N) is 1. The van der Waals surface area contributed by atoms with E-state index in [1.54, 1.807) is 26.3 Å². The molecule has 1 aromatic carbocycles. The van der Waals surface area contributed by atoms with E-state index in [1.165, 1.54) is 0 Å². The van der Waals surface area contributed by atoms with Crippen molar-refractivity contribution >= 4 is 17.4 Å². The normalized spacial score (nSPS) is 10.0. The molecule has 0 unspecified atom stereocenters. The van der Waals surface area contributed by atoms with Gasteiger partial charge in [-0.2, -0.15) is 0 Å². The highest BCUT2D eigenvalue weighted by Crippen LogP contribution is 2.14. The molecule has 5 nitrogen and oxygen atoms in total. The summed E-state index contributed by atoms with van der Waals surface area (Å²) >= 11 is 0. The minimum Gasteiger partial charge on any atom is -0.497 e. The third-order valence-corrected chi connectivity index (χ3v) is 3.01. The molecule has 0 saturated heterocycles. The molecule has 2 aromatic rings. The van der Waals surface area contributed by atoms with E-state index in [1.807, 2.05) is 30.3 Å². The van der Waals surface area contributed by atoms with Crippen LogP contribution < -0.4 is 15.4 Å². The van der Waals surface area contributed by atoms with Gasteiger partial charge in [0.05, 0.1) is 19.0 Å². The highest BCUT2D eigenvalue weighted by molar-refractivity contribution is 5.89. The Kier molecular flexibility index (Phi) is 5.15. The van der Waals surface area contributed by atoms with Gasteiger partial charge in [-0.25, -0.2) is 4.98 Å². The van der Waals surface area contributed by atoms with Crippen LogP contribution in [0, 0.1) is 0 Å². The van der Waals surface area contributed by atoms with E-state index in [2.05, 4.69) is 15.6 Å². The first-order valence-electron chi connectivity index (χ1n) is 6.84. The van der Waals surface area contributed by atoms with Gasteiger partial charge in [-0.05, 0) is 29.8 Å². The number of ether oxygens (including phenoxy) is 1. The van der Waals surface area contributed by atoms with E-state index < -0.39 is 0 Å². The minimum absolute atomic E-state index is 0.0403. The Morgan fingerprint density at radius 3 is 2.52 bits per heavy atom. The number of amides is 1. The molecule has 0 aliphatic heterocycles. The summed E-state index contributed by atoms with van der Waals surface area (Å²) in [5, 5.41) is 5.99. The number of hydrogen-bond acceptors (Lipinski definition) is 4. The van der Waals surface area contributed by atoms with Gasteiger partial charge in [0.15, 0.2) is 0 Å². The van der Waals surface area contributed by atoms with Crippen molar-refractivity contribution in [3.05, 3.63) is 48.2 Å². The summed E-state index contributed by atoms with van der Waals surface area (Å²) in [4.78, 5) is 15.4. The van der Waals surface area contributed by atoms with Crippen LogP contribution in [0.1, 0.15) is 18.9 Å². The van der Waals surface area contributed by atoms with Crippen molar-refractivity contribution in [3.63, 3.8) is 0 Å². The molecule has 0 fully saturated rings. The number of nitrogens with one attached hydrogen (secondary N) is 2. The number of pyridine rings is 1. The largest absolute Gasteiger partial charge is 0.497 e. The zero-order valence-electron chi connectivity index (χ0n) is 12.2. The Labute approximate surface area is 124 Å². The van der Waals surface area contributed by atoms with Crippen LogP contribution in [0.4, 0.5) is 11.5 Å². The van der Waals surface area contributed by atoms with Crippen molar-refractivity contribution in [2.24, 2.45) is 0 Å². The smallest absolute Gasteiger partial charge is 0.225 e. The first-order valence-corrected chi connectivity index (χ1v) is 6.84. The van der Waals surface area contributed by atoms with E-state index >= 15 is 0 Å². The number of rotatable bonds is 6. The van der Waals surface area contributed by atoms with E-state index in [0.717, 1.165) is 17.0 Å². The third-order valence-electron chi connectivity index (χ3n) is 3.01. The summed E-state index contributed by atoms with van der Waals surface area (Å²) in [5.41, 5.74) is 2.06. The van der Waals surface area contributed by atoms with Crippen LogP contribution in [0.15, 0.2) is 42.6 Å². The van der Waals surface area contributed by atoms with E-state index in [4.69, 9.17) is 4.74 Å². The summed E-state index contributed by atoms with van der Waals surface area (Å²) in [6.07, 6.45) is 2.15. The highest BCUT2D eigenvalue weighted by atomic mass is 16.5. The second-order valence-corrected chi connectivity index (χ2v) is 4.54. The van der Waals surface area contributed by atoms with Gasteiger partial charge >= 0.3 is 0 Å². The molecule has 0 spiro atoms. The quantitative estimate of drug-likeness (QED) is 0.856. The molecule has 0 atom stereocenters. The zero-order valence-corrected chi connectivity index (χ0v) is 12.2. The first-order chi connectivity index (χ1) is 10.2. The van der Waals surface area contributed by atoms with Crippen LogP contribution in [-0.4, -0.2) is 18.0 Å². The van der Waals surface area contributed by atoms with Crippen LogP contribution in [-0.2, 0) is 11.3 Å². The van der Waals surface area contributed by atoms with E-state index in [9.17, 15) is 4.79 Å². The van der Waals surface area contributed by atoms with Gasteiger partial charge in [0, 0.05) is 13.0 Å². The van der Waals surface area contributed by atoms with Gasteiger partial charge in [-0.15, -0.1) is 0 Å². The molecule has 0 bridgehead atoms. The Bertz CT molecular complexity index is 579. The number of carbonyl (C=O) groups is 1. The average molecular weight is 285 g/mol. The Balaban J connectivity index is 1.89. The minimum atomic E-state index is -0.0403. The SMILES string of the molecule is CCC(=O)Nc1ccc(NCc2ccc(OC)cc2)cn1. The second-order valence-electron chi connectivity index (χ2n) is 4.54. The maximum atomic E-state index is 11.3. The monoisotopic (exact) mass is 285 g/mol. The zero-order chi connectivity index (χ0) is 15.1. The maximum Gasteiger partial charge on any atom is 0.225 e. The van der Waals surface area contributed by atoms with Gasteiger partial charge in [-0.3, -0.25) is 4.79 Å². The fraction of sp³-hybridized carbons (Fsp3) is 0.250. The number of benzene rings is 1. The number of hydrogen-bond donors (Lipinski definition) is 2. The molecule has 1 heterocycles. The fourth-order valence-electron chi connectivity index (χ4n) is 1.75. The molecule has 0 saturated carbocycles. The van der Waals surface area contributed by atoms with Crippen LogP contribution in [0.3, 0.4) is 0 Å². The number of aromatic nitrogens is 1. The number of carbonyl (C=O) groups excluding carboxylic acids is 1. The average Bonchev–Trinajstić information content (AvgIpc) is 2.54. The standard InChI is InChI=1S/C16H19N3O2/c1-3-16(20)19-15-9-6-13(11-18-15)17-10-12-4-7-14(21-2)8-5-12/h4-9,11,17H,3,10H2,1-2H3,(H,18,19,20). The van der Waals surface area contributed by atoms with Crippen LogP contribution in [0.2, 0.25) is 0 Å². The molecule has 2 rings (SSSR count). The number of anilines is 2. The van der Waals surface area contributed by atoms with Crippen molar-refractivity contribution in [3.8, 4) is 5.75 Å². The fourth-order valence-corrected chi connectivity index (χ4v) is 1.75. The van der Waals surface area contributed by atoms with E-state index in [-0.39, 0.29) is 5.91 Å². The molecule has 110 valence electrons. The molecular formula is C16H19N3O2. The van der Waals surface area contributed by atoms with Gasteiger partial charge < -0.3 is 15.4 Å². The van der Waals surface area contributed by atoms with Gasteiger partial charge in [0.2, 0.25) is 5.91 Å². The lowest BCUT2D eigenvalue weighted by atomic mass is 10.2. The van der Waals surface area contributed by atoms with Crippen molar-refractivity contribution < 1.29 is 9.53 Å². The maximum absolute atomic E-state index is 11.3. The topological polar surface area (TPSA) is 63.2 Å². The molecule has 0 aliphatic carbocycles. The van der Waals surface area contributed by atoms with Gasteiger partial charge in [0.1, 0.15) is 11.6 Å². The lowest BCUT2D eigenvalue weighted by Crippen LogP contribution is -2.10. The molecule has 1 amide bonds. The van der Waals surface area contributed by atoms with Crippen LogP contribution in [0.5, 0.6) is 5.75 Å². The molecule has 21 heavy (non-hydrogen) atoms. The third kappa shape index (κ3) is 4.49. The lowest BCUT2D eigenvalue weighted by Gasteiger charge is -2.08. The van der Waals surface area contributed by atoms with Crippen molar-refractivity contribution in [2.75, 3.05) is 17.7 Å². The molecular weight excluding hydrogens is 266 g/mol. The molecule has 0 radical (unpaired) electrons. The predicted octanol–water partition coefficient (Wildman–Crippen LogP) is 3.05. The summed E-state index contributed by atoms with van der Waals surface area (Å²) in [7, 11) is 1.65. The number of methoxy groups -OCH3 is 1. The second kappa shape index (κ2) is 7.28. The Morgan fingerprint density at radius 1 is 1.19 bits per heavy atom. The predicted molar refractivity (Wildman–Crippen MR) is 83.5 cm³/mol. The summed E-state index contributed by atoms with van der Waals surface area (Å²) in [6.45, 7) is 2.51. The Hall–Kier alpha value is -2.56. The molecule has 1 aromatic heterocycles. The summed E-state index contributed by atoms with van der Waals surface area (Å²) < 4.78 is 5.12.